The van der Waals surface area contributed by atoms with E-state index < -0.39 is 0 Å². The molecule has 2 N–H and O–H groups in total. The van der Waals surface area contributed by atoms with Crippen LogP contribution < -0.4 is 0 Å². The van der Waals surface area contributed by atoms with Crippen LogP contribution in [0.15, 0.2) is 0 Å². The second kappa shape index (κ2) is 10.1. The maximum Gasteiger partial charge on any atom is -0.0417 e. The lowest BCUT2D eigenvalue weighted by Gasteiger charge is -2.22. The van der Waals surface area contributed by atoms with E-state index in [0.717, 1.165) is 23.7 Å². The number of hydrogen-bond donors (Lipinski definition) is 0. The molecule has 2 unspecified atom stereocenters. The van der Waals surface area contributed by atoms with Crippen LogP contribution in [-0.4, -0.2) is 5.48 Å². The third kappa shape index (κ3) is 9.21. The maximum atomic E-state index is 2.44. The minimum absolute atomic E-state index is 0. The molecular weight excluding hydrogens is 196 g/mol. The topological polar surface area (TPSA) is 31.5 Å². The first-order chi connectivity index (χ1) is 6.97. The molecule has 1 heteroatoms. The second-order valence-corrected chi connectivity index (χ2v) is 6.02. The molecule has 100 valence electrons. The minimum atomic E-state index is 0. The molecule has 16 heavy (non-hydrogen) atoms. The molecule has 0 aliphatic heterocycles. The molecule has 0 spiro atoms. The molecule has 0 aromatic heterocycles. The van der Waals surface area contributed by atoms with Crippen LogP contribution in [0.3, 0.4) is 0 Å². The van der Waals surface area contributed by atoms with Crippen molar-refractivity contribution in [2.75, 3.05) is 0 Å². The first-order valence-electron chi connectivity index (χ1n) is 6.97. The maximum absolute atomic E-state index is 2.44. The lowest BCUT2D eigenvalue weighted by Crippen LogP contribution is -2.10. The molecule has 1 nitrogen and oxygen atoms in total. The van der Waals surface area contributed by atoms with Crippen molar-refractivity contribution in [1.82, 2.24) is 0 Å². The average Bonchev–Trinajstić information content (AvgIpc) is 2.21. The highest BCUT2D eigenvalue weighted by Gasteiger charge is 2.13. The molecular formula is C15H34O. The van der Waals surface area contributed by atoms with Gasteiger partial charge in [-0.2, -0.15) is 0 Å². The van der Waals surface area contributed by atoms with Gasteiger partial charge in [-0.25, -0.2) is 0 Å². The van der Waals surface area contributed by atoms with Gasteiger partial charge in [0, 0.05) is 0 Å². The van der Waals surface area contributed by atoms with E-state index >= 15 is 0 Å². The summed E-state index contributed by atoms with van der Waals surface area (Å²) in [6, 6.07) is 0. The zero-order chi connectivity index (χ0) is 11.8. The Morgan fingerprint density at radius 2 is 1.12 bits per heavy atom. The normalized spacial score (nSPS) is 16.7. The fraction of sp³-hybridized carbons (Fsp3) is 1.00. The molecule has 0 aliphatic carbocycles. The van der Waals surface area contributed by atoms with Gasteiger partial charge < -0.3 is 5.48 Å². The molecule has 0 aromatic rings. The average molecular weight is 230 g/mol. The van der Waals surface area contributed by atoms with Gasteiger partial charge in [-0.15, -0.1) is 0 Å². The lowest BCUT2D eigenvalue weighted by atomic mass is 9.84. The van der Waals surface area contributed by atoms with Crippen molar-refractivity contribution in [3.63, 3.8) is 0 Å². The molecule has 0 radical (unpaired) electrons. The Labute approximate surface area is 103 Å². The smallest absolute Gasteiger partial charge is 0.0417 e. The highest BCUT2D eigenvalue weighted by atomic mass is 16.0. The van der Waals surface area contributed by atoms with E-state index in [1.165, 1.54) is 32.1 Å². The first-order valence-corrected chi connectivity index (χ1v) is 6.97. The molecule has 0 aromatic carbocycles. The Balaban J connectivity index is 0. The third-order valence-electron chi connectivity index (χ3n) is 3.98. The molecule has 0 bridgehead atoms. The van der Waals surface area contributed by atoms with E-state index in [-0.39, 0.29) is 5.48 Å². The molecule has 3 atom stereocenters. The van der Waals surface area contributed by atoms with Gasteiger partial charge in [-0.3, -0.25) is 0 Å². The monoisotopic (exact) mass is 230 g/mol. The van der Waals surface area contributed by atoms with E-state index in [2.05, 4.69) is 41.5 Å². The molecule has 0 saturated carbocycles. The van der Waals surface area contributed by atoms with Crippen molar-refractivity contribution in [2.45, 2.75) is 73.6 Å². The summed E-state index contributed by atoms with van der Waals surface area (Å²) in [7, 11) is 0. The highest BCUT2D eigenvalue weighted by Crippen LogP contribution is 2.25. The van der Waals surface area contributed by atoms with E-state index in [9.17, 15) is 0 Å². The fourth-order valence-corrected chi connectivity index (χ4v) is 1.92. The summed E-state index contributed by atoms with van der Waals surface area (Å²) >= 11 is 0. The van der Waals surface area contributed by atoms with Gasteiger partial charge in [0.25, 0.3) is 0 Å². The number of hydrogen-bond acceptors (Lipinski definition) is 0. The van der Waals surface area contributed by atoms with E-state index in [1.54, 1.807) is 0 Å². The molecule has 0 rings (SSSR count). The third-order valence-corrected chi connectivity index (χ3v) is 3.98. The van der Waals surface area contributed by atoms with Crippen molar-refractivity contribution in [3.05, 3.63) is 0 Å². The van der Waals surface area contributed by atoms with Gasteiger partial charge in [-0.1, -0.05) is 73.6 Å². The largest absolute Gasteiger partial charge is 0.412 e. The van der Waals surface area contributed by atoms with Crippen molar-refractivity contribution >= 4 is 0 Å². The Morgan fingerprint density at radius 1 is 0.688 bits per heavy atom. The SMILES string of the molecule is CCC(C)CC[C@H](C)C(C)CCC(C)C.O. The van der Waals surface area contributed by atoms with Gasteiger partial charge in [0.1, 0.15) is 0 Å². The van der Waals surface area contributed by atoms with Crippen LogP contribution in [-0.2, 0) is 0 Å². The molecule has 0 saturated heterocycles. The van der Waals surface area contributed by atoms with Crippen LogP contribution in [0.4, 0.5) is 0 Å². The quantitative estimate of drug-likeness (QED) is 0.579. The van der Waals surface area contributed by atoms with E-state index in [0.29, 0.717) is 0 Å². The molecule has 0 fully saturated rings. The van der Waals surface area contributed by atoms with Crippen molar-refractivity contribution in [3.8, 4) is 0 Å². The van der Waals surface area contributed by atoms with Crippen LogP contribution in [0.2, 0.25) is 0 Å². The first kappa shape index (κ1) is 18.3. The Morgan fingerprint density at radius 3 is 1.50 bits per heavy atom. The summed E-state index contributed by atoms with van der Waals surface area (Å²) in [4.78, 5) is 0. The molecule has 0 aliphatic rings. The Bertz CT molecular complexity index is 142. The summed E-state index contributed by atoms with van der Waals surface area (Å²) in [5.74, 6) is 3.62. The Hall–Kier alpha value is -0.0400. The summed E-state index contributed by atoms with van der Waals surface area (Å²) < 4.78 is 0. The summed E-state index contributed by atoms with van der Waals surface area (Å²) in [6.45, 7) is 14.2. The zero-order valence-electron chi connectivity index (χ0n) is 12.3. The van der Waals surface area contributed by atoms with Gasteiger partial charge in [0.15, 0.2) is 0 Å². The van der Waals surface area contributed by atoms with Crippen molar-refractivity contribution in [2.24, 2.45) is 23.7 Å². The Kier molecular flexibility index (Phi) is 11.6. The van der Waals surface area contributed by atoms with Gasteiger partial charge in [-0.05, 0) is 23.7 Å². The molecule has 0 amide bonds. The predicted octanol–water partition coefficient (Wildman–Crippen LogP) is 4.70. The predicted molar refractivity (Wildman–Crippen MR) is 74.7 cm³/mol. The summed E-state index contributed by atoms with van der Waals surface area (Å²) in [6.07, 6.45) is 7.00. The van der Waals surface area contributed by atoms with Crippen LogP contribution >= 0.6 is 0 Å². The standard InChI is InChI=1S/C15H32.H2O/c1-7-13(4)9-11-15(6)14(5)10-8-12(2)3;/h12-15H,7-11H2,1-6H3;1H2/t13?,14?,15-;/m0./s1. The van der Waals surface area contributed by atoms with Crippen LogP contribution in [0.5, 0.6) is 0 Å². The van der Waals surface area contributed by atoms with Crippen molar-refractivity contribution < 1.29 is 5.48 Å². The van der Waals surface area contributed by atoms with Crippen LogP contribution in [0, 0.1) is 23.7 Å². The minimum Gasteiger partial charge on any atom is -0.412 e. The van der Waals surface area contributed by atoms with Gasteiger partial charge in [0.2, 0.25) is 0 Å². The summed E-state index contributed by atoms with van der Waals surface area (Å²) in [5, 5.41) is 0. The lowest BCUT2D eigenvalue weighted by molar-refractivity contribution is 0.298. The van der Waals surface area contributed by atoms with Crippen LogP contribution in [0.1, 0.15) is 73.6 Å². The fourth-order valence-electron chi connectivity index (χ4n) is 1.92. The van der Waals surface area contributed by atoms with E-state index in [4.69, 9.17) is 0 Å². The zero-order valence-corrected chi connectivity index (χ0v) is 12.3. The second-order valence-electron chi connectivity index (χ2n) is 6.02. The van der Waals surface area contributed by atoms with Crippen molar-refractivity contribution in [1.29, 1.82) is 0 Å². The van der Waals surface area contributed by atoms with Crippen LogP contribution in [0.25, 0.3) is 0 Å². The molecule has 0 heterocycles. The van der Waals surface area contributed by atoms with E-state index in [1.807, 2.05) is 0 Å². The number of rotatable bonds is 8. The highest BCUT2D eigenvalue weighted by molar-refractivity contribution is 4.65. The van der Waals surface area contributed by atoms with Gasteiger partial charge >= 0.3 is 0 Å². The van der Waals surface area contributed by atoms with Gasteiger partial charge in [0.05, 0.1) is 0 Å². The summed E-state index contributed by atoms with van der Waals surface area (Å²) in [5.41, 5.74) is 0.